The fourth-order valence-electron chi connectivity index (χ4n) is 2.19. The predicted octanol–water partition coefficient (Wildman–Crippen LogP) is 2.50. The molecule has 122 valence electrons. The number of alkyl carbamates (subject to hydrolysis) is 1. The minimum atomic E-state index is -4.92. The van der Waals surface area contributed by atoms with Crippen LogP contribution < -0.4 is 10.6 Å². The highest BCUT2D eigenvalue weighted by Gasteiger charge is 2.41. The Morgan fingerprint density at radius 3 is 1.90 bits per heavy atom. The number of carbonyl (C=O) groups excluding carboxylic acids is 2. The van der Waals surface area contributed by atoms with Gasteiger partial charge in [0.15, 0.2) is 0 Å². The Hall–Kier alpha value is -1.47. The Morgan fingerprint density at radius 2 is 1.48 bits per heavy atom. The second kappa shape index (κ2) is 6.53. The average molecular weight is 310 g/mol. The first-order chi connectivity index (χ1) is 9.49. The molecule has 1 rings (SSSR count). The van der Waals surface area contributed by atoms with Gasteiger partial charge in [0.2, 0.25) is 0 Å². The van der Waals surface area contributed by atoms with E-state index in [0.717, 1.165) is 6.42 Å². The van der Waals surface area contributed by atoms with Crippen molar-refractivity contribution in [2.24, 2.45) is 0 Å². The number of halogens is 3. The quantitative estimate of drug-likeness (QED) is 0.823. The van der Waals surface area contributed by atoms with Crippen molar-refractivity contribution in [3.05, 3.63) is 0 Å². The van der Waals surface area contributed by atoms with Crippen molar-refractivity contribution in [2.75, 3.05) is 0 Å². The van der Waals surface area contributed by atoms with E-state index in [1.54, 1.807) is 20.8 Å². The number of rotatable bonds is 2. The largest absolute Gasteiger partial charge is 0.471 e. The Kier molecular flexibility index (Phi) is 5.47. The van der Waals surface area contributed by atoms with E-state index in [9.17, 15) is 22.8 Å². The lowest BCUT2D eigenvalue weighted by atomic mass is 9.90. The SMILES string of the molecule is CC(C)(C)OC(=O)N[C@@H]1CCCC[C@@H]1NC(=O)C(F)(F)F. The maximum absolute atomic E-state index is 12.3. The summed E-state index contributed by atoms with van der Waals surface area (Å²) in [6.07, 6.45) is -3.24. The Balaban J connectivity index is 2.61. The smallest absolute Gasteiger partial charge is 0.444 e. The summed E-state index contributed by atoms with van der Waals surface area (Å²) in [6, 6.07) is -1.29. The van der Waals surface area contributed by atoms with Gasteiger partial charge in [0.1, 0.15) is 5.60 Å². The van der Waals surface area contributed by atoms with Crippen LogP contribution >= 0.6 is 0 Å². The zero-order valence-corrected chi connectivity index (χ0v) is 12.3. The predicted molar refractivity (Wildman–Crippen MR) is 69.6 cm³/mol. The minimum Gasteiger partial charge on any atom is -0.444 e. The number of hydrogen-bond acceptors (Lipinski definition) is 3. The molecule has 1 fully saturated rings. The first-order valence-corrected chi connectivity index (χ1v) is 6.86. The highest BCUT2D eigenvalue weighted by molar-refractivity contribution is 5.82. The summed E-state index contributed by atoms with van der Waals surface area (Å²) in [4.78, 5) is 22.7. The Labute approximate surface area is 121 Å². The van der Waals surface area contributed by atoms with Crippen molar-refractivity contribution in [3.63, 3.8) is 0 Å². The summed E-state index contributed by atoms with van der Waals surface area (Å²) in [5.74, 6) is -1.98. The second-order valence-electron chi connectivity index (χ2n) is 6.11. The molecule has 1 saturated carbocycles. The van der Waals surface area contributed by atoms with Crippen LogP contribution in [-0.2, 0) is 9.53 Å². The van der Waals surface area contributed by atoms with Gasteiger partial charge in [-0.1, -0.05) is 12.8 Å². The molecule has 0 aromatic carbocycles. The fraction of sp³-hybridized carbons (Fsp3) is 0.846. The summed E-state index contributed by atoms with van der Waals surface area (Å²) < 4.78 is 42.0. The van der Waals surface area contributed by atoms with Gasteiger partial charge in [0.25, 0.3) is 0 Å². The van der Waals surface area contributed by atoms with E-state index < -0.39 is 35.9 Å². The standard InChI is InChI=1S/C13H21F3N2O3/c1-12(2,3)21-11(20)18-9-7-5-4-6-8(9)17-10(19)13(14,15)16/h8-9H,4-7H2,1-3H3,(H,17,19)(H,18,20)/t8-,9+/m0/s1. The molecule has 0 aliphatic heterocycles. The van der Waals surface area contributed by atoms with E-state index >= 15 is 0 Å². The van der Waals surface area contributed by atoms with Crippen molar-refractivity contribution in [1.29, 1.82) is 0 Å². The van der Waals surface area contributed by atoms with Crippen LogP contribution in [0.4, 0.5) is 18.0 Å². The van der Waals surface area contributed by atoms with Crippen LogP contribution in [0.1, 0.15) is 46.5 Å². The molecule has 0 saturated heterocycles. The summed E-state index contributed by atoms with van der Waals surface area (Å²) in [5.41, 5.74) is -0.691. The van der Waals surface area contributed by atoms with Crippen LogP contribution in [0.25, 0.3) is 0 Å². The molecule has 0 radical (unpaired) electrons. The highest BCUT2D eigenvalue weighted by Crippen LogP contribution is 2.22. The molecule has 0 spiro atoms. The monoisotopic (exact) mass is 310 g/mol. The topological polar surface area (TPSA) is 67.4 Å². The lowest BCUT2D eigenvalue weighted by Crippen LogP contribution is -2.56. The first kappa shape index (κ1) is 17.6. The van der Waals surface area contributed by atoms with Crippen molar-refractivity contribution >= 4 is 12.0 Å². The van der Waals surface area contributed by atoms with Crippen LogP contribution in [0.15, 0.2) is 0 Å². The molecule has 5 nitrogen and oxygen atoms in total. The highest BCUT2D eigenvalue weighted by atomic mass is 19.4. The van der Waals surface area contributed by atoms with E-state index in [1.807, 2.05) is 5.32 Å². The fourth-order valence-corrected chi connectivity index (χ4v) is 2.19. The maximum atomic E-state index is 12.3. The van der Waals surface area contributed by atoms with E-state index in [4.69, 9.17) is 4.74 Å². The summed E-state index contributed by atoms with van der Waals surface area (Å²) in [5, 5.41) is 4.48. The van der Waals surface area contributed by atoms with Crippen molar-refractivity contribution < 1.29 is 27.5 Å². The number of amides is 2. The molecule has 2 amide bonds. The van der Waals surface area contributed by atoms with Crippen molar-refractivity contribution in [1.82, 2.24) is 10.6 Å². The third kappa shape index (κ3) is 6.22. The van der Waals surface area contributed by atoms with E-state index in [1.165, 1.54) is 0 Å². The van der Waals surface area contributed by atoms with Crippen molar-refractivity contribution in [3.8, 4) is 0 Å². The van der Waals surface area contributed by atoms with Crippen molar-refractivity contribution in [2.45, 2.75) is 70.3 Å². The Morgan fingerprint density at radius 1 is 1.00 bits per heavy atom. The second-order valence-corrected chi connectivity index (χ2v) is 6.11. The average Bonchev–Trinajstić information content (AvgIpc) is 2.27. The normalized spacial score (nSPS) is 23.3. The number of carbonyl (C=O) groups is 2. The molecule has 2 N–H and O–H groups in total. The van der Waals surface area contributed by atoms with Crippen LogP contribution in [0.3, 0.4) is 0 Å². The molecular formula is C13H21F3N2O3. The molecular weight excluding hydrogens is 289 g/mol. The molecule has 0 aromatic rings. The molecule has 0 bridgehead atoms. The zero-order valence-electron chi connectivity index (χ0n) is 12.3. The van der Waals surface area contributed by atoms with Gasteiger partial charge in [-0.2, -0.15) is 13.2 Å². The number of ether oxygens (including phenoxy) is 1. The van der Waals surface area contributed by atoms with Gasteiger partial charge in [-0.3, -0.25) is 4.79 Å². The molecule has 1 aliphatic rings. The van der Waals surface area contributed by atoms with Crippen LogP contribution in [0.5, 0.6) is 0 Å². The Bertz CT molecular complexity index is 391. The molecule has 2 atom stereocenters. The van der Waals surface area contributed by atoms with Gasteiger partial charge in [0.05, 0.1) is 6.04 Å². The van der Waals surface area contributed by atoms with Gasteiger partial charge in [-0.25, -0.2) is 4.79 Å². The molecule has 8 heteroatoms. The van der Waals surface area contributed by atoms with Crippen LogP contribution in [0.2, 0.25) is 0 Å². The minimum absolute atomic E-state index is 0.391. The van der Waals surface area contributed by atoms with E-state index in [0.29, 0.717) is 19.3 Å². The van der Waals surface area contributed by atoms with Gasteiger partial charge >= 0.3 is 18.2 Å². The lowest BCUT2D eigenvalue weighted by molar-refractivity contribution is -0.174. The maximum Gasteiger partial charge on any atom is 0.471 e. The first-order valence-electron chi connectivity index (χ1n) is 6.86. The molecule has 1 aliphatic carbocycles. The summed E-state index contributed by atoms with van der Waals surface area (Å²) >= 11 is 0. The number of nitrogens with one attached hydrogen (secondary N) is 2. The van der Waals surface area contributed by atoms with Gasteiger partial charge in [-0.05, 0) is 33.6 Å². The number of alkyl halides is 3. The third-order valence-corrected chi connectivity index (χ3v) is 3.04. The lowest BCUT2D eigenvalue weighted by Gasteiger charge is -2.33. The third-order valence-electron chi connectivity index (χ3n) is 3.04. The van der Waals surface area contributed by atoms with E-state index in [2.05, 4.69) is 5.32 Å². The molecule has 0 unspecified atom stereocenters. The molecule has 0 aromatic heterocycles. The van der Waals surface area contributed by atoms with Crippen LogP contribution in [0, 0.1) is 0 Å². The molecule has 0 heterocycles. The van der Waals surface area contributed by atoms with Gasteiger partial charge in [0, 0.05) is 6.04 Å². The number of hydrogen-bond donors (Lipinski definition) is 2. The van der Waals surface area contributed by atoms with Gasteiger partial charge in [-0.15, -0.1) is 0 Å². The van der Waals surface area contributed by atoms with Gasteiger partial charge < -0.3 is 15.4 Å². The summed E-state index contributed by atoms with van der Waals surface area (Å²) in [6.45, 7) is 5.07. The van der Waals surface area contributed by atoms with E-state index in [-0.39, 0.29) is 0 Å². The van der Waals surface area contributed by atoms with Crippen LogP contribution in [-0.4, -0.2) is 35.9 Å². The summed E-state index contributed by atoms with van der Waals surface area (Å²) in [7, 11) is 0. The molecule has 21 heavy (non-hydrogen) atoms. The zero-order chi connectivity index (χ0) is 16.3.